The molecule has 0 spiro atoms. The second kappa shape index (κ2) is 4.57. The predicted molar refractivity (Wildman–Crippen MR) is 69.4 cm³/mol. The van der Waals surface area contributed by atoms with Crippen molar-refractivity contribution in [2.24, 2.45) is 5.73 Å². The number of nitrogens with zero attached hydrogens (tertiary/aromatic N) is 2. The van der Waals surface area contributed by atoms with E-state index in [-0.39, 0.29) is 0 Å². The van der Waals surface area contributed by atoms with Crippen molar-refractivity contribution < 1.29 is 4.79 Å². The Balaban J connectivity index is 1.57. The zero-order valence-corrected chi connectivity index (χ0v) is 10.3. The van der Waals surface area contributed by atoms with Crippen LogP contribution in [0.3, 0.4) is 0 Å². The molecule has 1 saturated carbocycles. The van der Waals surface area contributed by atoms with Crippen molar-refractivity contribution in [2.75, 3.05) is 18.4 Å². The van der Waals surface area contributed by atoms with Crippen molar-refractivity contribution in [1.29, 1.82) is 0 Å². The third kappa shape index (κ3) is 2.46. The number of nitrogens with one attached hydrogen (secondary N) is 1. The maximum Gasteiger partial charge on any atom is 0.250 e. The summed E-state index contributed by atoms with van der Waals surface area (Å²) in [5, 5.41) is 3.41. The van der Waals surface area contributed by atoms with E-state index in [0.717, 1.165) is 24.8 Å². The smallest absolute Gasteiger partial charge is 0.250 e. The minimum Gasteiger partial charge on any atom is -0.366 e. The first-order valence-corrected chi connectivity index (χ1v) is 6.49. The van der Waals surface area contributed by atoms with Crippen LogP contribution in [-0.4, -0.2) is 41.0 Å². The Morgan fingerprint density at radius 1 is 1.39 bits per heavy atom. The van der Waals surface area contributed by atoms with Gasteiger partial charge in [0.25, 0.3) is 0 Å². The highest BCUT2D eigenvalue weighted by molar-refractivity contribution is 5.92. The van der Waals surface area contributed by atoms with Gasteiger partial charge in [0.15, 0.2) is 0 Å². The molecular formula is C13H18N4O. The first-order chi connectivity index (χ1) is 8.72. The molecule has 96 valence electrons. The Labute approximate surface area is 106 Å². The van der Waals surface area contributed by atoms with Gasteiger partial charge in [0.05, 0.1) is 5.56 Å². The maximum atomic E-state index is 10.9. The SMILES string of the molecule is NC(=O)c1ccc(NC2CCN(C3CC3)C2)nc1. The van der Waals surface area contributed by atoms with Crippen molar-refractivity contribution in [2.45, 2.75) is 31.3 Å². The van der Waals surface area contributed by atoms with E-state index in [0.29, 0.717) is 11.6 Å². The molecule has 2 heterocycles. The molecule has 0 radical (unpaired) electrons. The fourth-order valence-corrected chi connectivity index (χ4v) is 2.51. The number of aromatic nitrogens is 1. The van der Waals surface area contributed by atoms with Gasteiger partial charge in [-0.05, 0) is 31.4 Å². The number of likely N-dealkylation sites (tertiary alicyclic amines) is 1. The first kappa shape index (κ1) is 11.5. The molecule has 2 fully saturated rings. The monoisotopic (exact) mass is 246 g/mol. The number of primary amides is 1. The highest BCUT2D eigenvalue weighted by atomic mass is 16.1. The Bertz CT molecular complexity index is 441. The van der Waals surface area contributed by atoms with Crippen LogP contribution in [0.2, 0.25) is 0 Å². The molecule has 1 aromatic rings. The number of pyridine rings is 1. The Morgan fingerprint density at radius 3 is 2.83 bits per heavy atom. The summed E-state index contributed by atoms with van der Waals surface area (Å²) in [5.74, 6) is 0.387. The van der Waals surface area contributed by atoms with Crippen LogP contribution in [0.15, 0.2) is 18.3 Å². The van der Waals surface area contributed by atoms with E-state index in [4.69, 9.17) is 5.73 Å². The third-order valence-corrected chi connectivity index (χ3v) is 3.68. The van der Waals surface area contributed by atoms with Crippen LogP contribution in [0.4, 0.5) is 5.82 Å². The van der Waals surface area contributed by atoms with Crippen molar-refractivity contribution in [3.63, 3.8) is 0 Å². The van der Waals surface area contributed by atoms with E-state index in [1.165, 1.54) is 25.6 Å². The average molecular weight is 246 g/mol. The lowest BCUT2D eigenvalue weighted by molar-refractivity contribution is 0.1000. The van der Waals surface area contributed by atoms with E-state index in [9.17, 15) is 4.79 Å². The standard InChI is InChI=1S/C13H18N4O/c14-13(18)9-1-4-12(15-7-9)16-10-5-6-17(8-10)11-2-3-11/h1,4,7,10-11H,2-3,5-6,8H2,(H2,14,18)(H,15,16). The van der Waals surface area contributed by atoms with Gasteiger partial charge in [0.1, 0.15) is 5.82 Å². The first-order valence-electron chi connectivity index (χ1n) is 6.49. The summed E-state index contributed by atoms with van der Waals surface area (Å²) in [6, 6.07) is 4.84. The van der Waals surface area contributed by atoms with Crippen LogP contribution in [0, 0.1) is 0 Å². The second-order valence-electron chi connectivity index (χ2n) is 5.15. The van der Waals surface area contributed by atoms with E-state index in [2.05, 4.69) is 15.2 Å². The van der Waals surface area contributed by atoms with Crippen molar-refractivity contribution >= 4 is 11.7 Å². The Morgan fingerprint density at radius 2 is 2.22 bits per heavy atom. The molecule has 1 saturated heterocycles. The van der Waals surface area contributed by atoms with E-state index in [1.54, 1.807) is 6.07 Å². The number of amides is 1. The summed E-state index contributed by atoms with van der Waals surface area (Å²) in [5.41, 5.74) is 5.63. The van der Waals surface area contributed by atoms with Gasteiger partial charge in [-0.3, -0.25) is 9.69 Å². The summed E-state index contributed by atoms with van der Waals surface area (Å²) < 4.78 is 0. The van der Waals surface area contributed by atoms with E-state index >= 15 is 0 Å². The van der Waals surface area contributed by atoms with E-state index < -0.39 is 5.91 Å². The molecule has 5 nitrogen and oxygen atoms in total. The van der Waals surface area contributed by atoms with Crippen molar-refractivity contribution in [3.8, 4) is 0 Å². The molecule has 1 atom stereocenters. The zero-order chi connectivity index (χ0) is 12.5. The van der Waals surface area contributed by atoms with Gasteiger partial charge in [0, 0.05) is 31.4 Å². The van der Waals surface area contributed by atoms with Gasteiger partial charge in [-0.1, -0.05) is 0 Å². The zero-order valence-electron chi connectivity index (χ0n) is 10.3. The van der Waals surface area contributed by atoms with Crippen molar-refractivity contribution in [3.05, 3.63) is 23.9 Å². The number of carbonyl (C=O) groups excluding carboxylic acids is 1. The lowest BCUT2D eigenvalue weighted by Crippen LogP contribution is -2.28. The number of rotatable bonds is 4. The Hall–Kier alpha value is -1.62. The molecule has 5 heteroatoms. The fourth-order valence-electron chi connectivity index (χ4n) is 2.51. The number of hydrogen-bond donors (Lipinski definition) is 2. The van der Waals surface area contributed by atoms with Gasteiger partial charge in [-0.25, -0.2) is 4.98 Å². The molecule has 18 heavy (non-hydrogen) atoms. The molecule has 3 N–H and O–H groups in total. The molecular weight excluding hydrogens is 228 g/mol. The largest absolute Gasteiger partial charge is 0.366 e. The third-order valence-electron chi connectivity index (χ3n) is 3.68. The number of anilines is 1. The van der Waals surface area contributed by atoms with Gasteiger partial charge in [-0.2, -0.15) is 0 Å². The Kier molecular flexibility index (Phi) is 2.91. The van der Waals surface area contributed by atoms with Crippen LogP contribution in [0.1, 0.15) is 29.6 Å². The summed E-state index contributed by atoms with van der Waals surface area (Å²) in [7, 11) is 0. The average Bonchev–Trinajstić information content (AvgIpc) is 3.11. The molecule has 1 aliphatic heterocycles. The van der Waals surface area contributed by atoms with Crippen molar-refractivity contribution in [1.82, 2.24) is 9.88 Å². The number of carbonyl (C=O) groups is 1. The second-order valence-corrected chi connectivity index (χ2v) is 5.15. The molecule has 1 aliphatic carbocycles. The summed E-state index contributed by atoms with van der Waals surface area (Å²) in [6.45, 7) is 2.28. The quantitative estimate of drug-likeness (QED) is 0.825. The van der Waals surface area contributed by atoms with Gasteiger partial charge < -0.3 is 11.1 Å². The number of nitrogens with two attached hydrogens (primary N) is 1. The van der Waals surface area contributed by atoms with Gasteiger partial charge in [0.2, 0.25) is 5.91 Å². The van der Waals surface area contributed by atoms with Crippen LogP contribution in [-0.2, 0) is 0 Å². The van der Waals surface area contributed by atoms with Gasteiger partial charge in [-0.15, -0.1) is 0 Å². The molecule has 1 aromatic heterocycles. The highest BCUT2D eigenvalue weighted by Crippen LogP contribution is 2.30. The minimum atomic E-state index is -0.435. The molecule has 1 unspecified atom stereocenters. The normalized spacial score (nSPS) is 24.1. The summed E-state index contributed by atoms with van der Waals surface area (Å²) in [4.78, 5) is 17.7. The van der Waals surface area contributed by atoms with E-state index in [1.807, 2.05) is 6.07 Å². The molecule has 3 rings (SSSR count). The summed E-state index contributed by atoms with van der Waals surface area (Å²) >= 11 is 0. The van der Waals surface area contributed by atoms with Crippen LogP contribution in [0.5, 0.6) is 0 Å². The molecule has 1 amide bonds. The van der Waals surface area contributed by atoms with Gasteiger partial charge >= 0.3 is 0 Å². The summed E-state index contributed by atoms with van der Waals surface area (Å²) in [6.07, 6.45) is 5.41. The fraction of sp³-hybridized carbons (Fsp3) is 0.538. The van der Waals surface area contributed by atoms with Crippen LogP contribution >= 0.6 is 0 Å². The molecule has 0 bridgehead atoms. The molecule has 0 aromatic carbocycles. The van der Waals surface area contributed by atoms with Crippen LogP contribution in [0.25, 0.3) is 0 Å². The number of hydrogen-bond acceptors (Lipinski definition) is 4. The lowest BCUT2D eigenvalue weighted by Gasteiger charge is -2.16. The molecule has 2 aliphatic rings. The lowest BCUT2D eigenvalue weighted by atomic mass is 10.2. The maximum absolute atomic E-state index is 10.9. The minimum absolute atomic E-state index is 0.435. The predicted octanol–water partition coefficient (Wildman–Crippen LogP) is 0.829. The highest BCUT2D eigenvalue weighted by Gasteiger charge is 2.34. The van der Waals surface area contributed by atoms with Crippen LogP contribution < -0.4 is 11.1 Å². The topological polar surface area (TPSA) is 71.2 Å².